The van der Waals surface area contributed by atoms with E-state index in [-0.39, 0.29) is 36.1 Å². The molecule has 4 amide bonds. The summed E-state index contributed by atoms with van der Waals surface area (Å²) in [4.78, 5) is 49.2. The first-order valence-electron chi connectivity index (χ1n) is 17.1. The van der Waals surface area contributed by atoms with E-state index in [1.165, 1.54) is 0 Å². The van der Waals surface area contributed by atoms with Gasteiger partial charge in [-0.3, -0.25) is 14.5 Å². The van der Waals surface area contributed by atoms with Crippen LogP contribution in [-0.2, 0) is 27.2 Å². The second-order valence-electron chi connectivity index (χ2n) is 13.5. The number of phenols is 1. The molecule has 10 nitrogen and oxygen atoms in total. The van der Waals surface area contributed by atoms with Crippen molar-refractivity contribution in [2.75, 3.05) is 64.3 Å². The predicted octanol–water partition coefficient (Wildman–Crippen LogP) is 3.96. The molecule has 0 spiro atoms. The maximum absolute atomic E-state index is 14.1. The van der Waals surface area contributed by atoms with Crippen molar-refractivity contribution in [3.05, 3.63) is 58.7 Å². The Morgan fingerprint density at radius 3 is 2.26 bits per heavy atom. The Balaban J connectivity index is 1.09. The molecule has 2 aromatic carbocycles. The summed E-state index contributed by atoms with van der Waals surface area (Å²) in [6.45, 7) is 10.2. The number of aromatic hydroxyl groups is 1. The lowest BCUT2D eigenvalue weighted by atomic mass is 9.91. The van der Waals surface area contributed by atoms with Crippen molar-refractivity contribution in [3.8, 4) is 5.75 Å². The molecule has 3 fully saturated rings. The molecule has 0 radical (unpaired) electrons. The molecule has 0 aliphatic carbocycles. The number of para-hydroxylation sites is 1. The smallest absolute Gasteiger partial charge is 0.322 e. The number of nitrogens with one attached hydrogen (secondary N) is 1. The van der Waals surface area contributed by atoms with Gasteiger partial charge in [-0.15, -0.1) is 0 Å². The van der Waals surface area contributed by atoms with Gasteiger partial charge in [-0.25, -0.2) is 4.79 Å². The third-order valence-corrected chi connectivity index (χ3v) is 10.5. The van der Waals surface area contributed by atoms with E-state index in [0.717, 1.165) is 86.3 Å². The average Bonchev–Trinajstić information content (AvgIpc) is 3.25. The van der Waals surface area contributed by atoms with Crippen LogP contribution in [0, 0.1) is 19.8 Å². The summed E-state index contributed by atoms with van der Waals surface area (Å²) >= 11 is 0. The van der Waals surface area contributed by atoms with E-state index in [1.807, 2.05) is 58.9 Å². The number of aryl methyl sites for hydroxylation is 2. The number of rotatable bonds is 7. The van der Waals surface area contributed by atoms with Crippen LogP contribution in [0.3, 0.4) is 0 Å². The number of amides is 4. The topological polar surface area (TPSA) is 106 Å². The molecule has 3 saturated heterocycles. The number of hydrogen-bond donors (Lipinski definition) is 2. The zero-order valence-electron chi connectivity index (χ0n) is 27.4. The fraction of sp³-hybridized carbons (Fsp3) is 0.583. The molecule has 1 atom stereocenters. The number of likely N-dealkylation sites (tertiary alicyclic amines) is 1. The number of piperidine rings is 1. The van der Waals surface area contributed by atoms with Crippen LogP contribution in [-0.4, -0.2) is 114 Å². The molecular weight excluding hydrogens is 582 g/mol. The molecule has 4 heterocycles. The van der Waals surface area contributed by atoms with Crippen LogP contribution in [0.5, 0.6) is 5.75 Å². The number of benzene rings is 2. The van der Waals surface area contributed by atoms with E-state index in [0.29, 0.717) is 45.2 Å². The molecule has 0 saturated carbocycles. The third-order valence-electron chi connectivity index (χ3n) is 10.5. The summed E-state index contributed by atoms with van der Waals surface area (Å²) < 4.78 is 5.54. The zero-order valence-corrected chi connectivity index (χ0v) is 27.4. The highest BCUT2D eigenvalue weighted by molar-refractivity contribution is 5.91. The Morgan fingerprint density at radius 1 is 0.891 bits per heavy atom. The van der Waals surface area contributed by atoms with Crippen LogP contribution in [0.25, 0.3) is 0 Å². The number of nitrogens with zero attached hydrogens (tertiary/aromatic N) is 4. The quantitative estimate of drug-likeness (QED) is 0.480. The monoisotopic (exact) mass is 631 g/mol. The molecule has 0 bridgehead atoms. The Bertz CT molecular complexity index is 1390. The first-order valence-corrected chi connectivity index (χ1v) is 17.1. The van der Waals surface area contributed by atoms with Gasteiger partial charge in [-0.1, -0.05) is 30.3 Å². The maximum atomic E-state index is 14.1. The van der Waals surface area contributed by atoms with Gasteiger partial charge in [0.15, 0.2) is 0 Å². The molecule has 46 heavy (non-hydrogen) atoms. The summed E-state index contributed by atoms with van der Waals surface area (Å²) in [5, 5.41) is 13.4. The molecule has 2 aromatic rings. The molecule has 10 heteroatoms. The number of anilines is 1. The van der Waals surface area contributed by atoms with E-state index in [4.69, 9.17) is 4.74 Å². The summed E-state index contributed by atoms with van der Waals surface area (Å²) in [5.74, 6) is -0.161. The van der Waals surface area contributed by atoms with Crippen molar-refractivity contribution in [3.63, 3.8) is 0 Å². The van der Waals surface area contributed by atoms with Gasteiger partial charge in [0, 0.05) is 83.2 Å². The van der Waals surface area contributed by atoms with Gasteiger partial charge in [0.1, 0.15) is 5.75 Å². The van der Waals surface area contributed by atoms with E-state index in [2.05, 4.69) is 16.3 Å². The second-order valence-corrected chi connectivity index (χ2v) is 13.5. The minimum absolute atomic E-state index is 0.00223. The fourth-order valence-electron chi connectivity index (χ4n) is 7.82. The Labute approximate surface area is 272 Å². The number of carbonyl (C=O) groups is 3. The molecule has 4 aliphatic rings. The maximum Gasteiger partial charge on any atom is 0.322 e. The molecule has 4 aliphatic heterocycles. The average molecular weight is 632 g/mol. The van der Waals surface area contributed by atoms with Crippen LogP contribution in [0.2, 0.25) is 0 Å². The van der Waals surface area contributed by atoms with E-state index < -0.39 is 5.92 Å². The van der Waals surface area contributed by atoms with Crippen LogP contribution >= 0.6 is 0 Å². The van der Waals surface area contributed by atoms with E-state index in [1.54, 1.807) is 0 Å². The first kappa shape index (κ1) is 32.3. The van der Waals surface area contributed by atoms with Crippen molar-refractivity contribution in [2.24, 2.45) is 5.92 Å². The number of fused-ring (bicyclic) bond motifs is 1. The molecule has 248 valence electrons. The number of urea groups is 1. The minimum atomic E-state index is -0.474. The summed E-state index contributed by atoms with van der Waals surface area (Å²) in [5.41, 5.74) is 4.54. The minimum Gasteiger partial charge on any atom is -0.507 e. The first-order chi connectivity index (χ1) is 22.3. The predicted molar refractivity (Wildman–Crippen MR) is 177 cm³/mol. The number of carbonyl (C=O) groups excluding carboxylic acids is 3. The fourth-order valence-corrected chi connectivity index (χ4v) is 7.82. The van der Waals surface area contributed by atoms with E-state index in [9.17, 15) is 19.5 Å². The SMILES string of the molecule is Cc1cc(C[C@@H](CC(=O)N2CCC(N3CCc4ccccc4NC3=O)CC2)C(=O)N2CCN(C3CCOCC3)CC2)cc(C)c1O. The van der Waals surface area contributed by atoms with Gasteiger partial charge < -0.3 is 29.9 Å². The van der Waals surface area contributed by atoms with Gasteiger partial charge >= 0.3 is 6.03 Å². The number of piperazine rings is 1. The van der Waals surface area contributed by atoms with Crippen molar-refractivity contribution in [2.45, 2.75) is 70.9 Å². The largest absolute Gasteiger partial charge is 0.507 e. The molecule has 0 aromatic heterocycles. The van der Waals surface area contributed by atoms with Crippen molar-refractivity contribution in [1.82, 2.24) is 19.6 Å². The van der Waals surface area contributed by atoms with Crippen molar-refractivity contribution >= 4 is 23.5 Å². The summed E-state index contributed by atoms with van der Waals surface area (Å²) in [6, 6.07) is 12.3. The van der Waals surface area contributed by atoms with Gasteiger partial charge in [-0.05, 0) is 80.7 Å². The van der Waals surface area contributed by atoms with Crippen LogP contribution in [0.4, 0.5) is 10.5 Å². The van der Waals surface area contributed by atoms with Crippen molar-refractivity contribution < 1.29 is 24.2 Å². The zero-order chi connectivity index (χ0) is 32.2. The Morgan fingerprint density at radius 2 is 1.57 bits per heavy atom. The number of hydrogen-bond acceptors (Lipinski definition) is 6. The Hall–Kier alpha value is -3.63. The lowest BCUT2D eigenvalue weighted by Crippen LogP contribution is -2.54. The standard InChI is InChI=1S/C36H49N5O5/c1-25-21-27(22-26(2)34(25)43)23-29(35(44)40-17-15-38(16-18-40)30-10-19-46-20-11-30)24-33(42)39-12-8-31(9-13-39)41-14-7-28-5-3-4-6-32(28)37-36(41)45/h3-6,21-22,29-31,43H,7-20,23-24H2,1-2H3,(H,37,45)/t29-/m0/s1. The van der Waals surface area contributed by atoms with Gasteiger partial charge in [0.05, 0.1) is 5.92 Å². The highest BCUT2D eigenvalue weighted by Gasteiger charge is 2.35. The van der Waals surface area contributed by atoms with Crippen molar-refractivity contribution in [1.29, 1.82) is 0 Å². The summed E-state index contributed by atoms with van der Waals surface area (Å²) in [6.07, 6.45) is 4.93. The number of phenolic OH excluding ortho intramolecular Hbond substituents is 1. The molecule has 2 N–H and O–H groups in total. The van der Waals surface area contributed by atoms with E-state index >= 15 is 0 Å². The van der Waals surface area contributed by atoms with Gasteiger partial charge in [0.25, 0.3) is 0 Å². The highest BCUT2D eigenvalue weighted by atomic mass is 16.5. The van der Waals surface area contributed by atoms with Gasteiger partial charge in [-0.2, -0.15) is 0 Å². The highest BCUT2D eigenvalue weighted by Crippen LogP contribution is 2.28. The summed E-state index contributed by atoms with van der Waals surface area (Å²) in [7, 11) is 0. The van der Waals surface area contributed by atoms with Gasteiger partial charge in [0.2, 0.25) is 11.8 Å². The second kappa shape index (κ2) is 14.4. The van der Waals surface area contributed by atoms with Crippen LogP contribution in [0.15, 0.2) is 36.4 Å². The molecule has 6 rings (SSSR count). The van der Waals surface area contributed by atoms with Crippen LogP contribution in [0.1, 0.15) is 54.4 Å². The van der Waals surface area contributed by atoms with Crippen LogP contribution < -0.4 is 5.32 Å². The molecular formula is C36H49N5O5. The molecule has 0 unspecified atom stereocenters. The lowest BCUT2D eigenvalue weighted by Gasteiger charge is -2.41. The lowest BCUT2D eigenvalue weighted by molar-refractivity contribution is -0.143. The third kappa shape index (κ3) is 7.33. The normalized spacial score (nSPS) is 21.0. The number of ether oxygens (including phenoxy) is 1. The Kier molecular flexibility index (Phi) is 10.1.